The number of benzene rings is 4. The van der Waals surface area contributed by atoms with Gasteiger partial charge in [-0.3, -0.25) is 9.59 Å². The Kier molecular flexibility index (Phi) is 7.34. The maximum absolute atomic E-state index is 13.1. The summed E-state index contributed by atoms with van der Waals surface area (Å²) in [4.78, 5) is 49.6. The van der Waals surface area contributed by atoms with Crippen molar-refractivity contribution in [1.82, 2.24) is 0 Å². The van der Waals surface area contributed by atoms with Gasteiger partial charge in [-0.1, -0.05) is 18.2 Å². The monoisotopic (exact) mass is 511 g/mol. The van der Waals surface area contributed by atoms with Gasteiger partial charge in [0.25, 0.3) is 11.8 Å². The lowest BCUT2D eigenvalue weighted by molar-refractivity contribution is 0.0690. The molecule has 0 saturated carbocycles. The van der Waals surface area contributed by atoms with Gasteiger partial charge in [0.2, 0.25) is 0 Å². The Bertz CT molecular complexity index is 1520. The van der Waals surface area contributed by atoms with E-state index in [0.29, 0.717) is 28.6 Å². The zero-order valence-corrected chi connectivity index (χ0v) is 19.7. The van der Waals surface area contributed by atoms with Gasteiger partial charge in [0.15, 0.2) is 0 Å². The molecule has 0 heterocycles. The van der Waals surface area contributed by atoms with Crippen molar-refractivity contribution in [2.24, 2.45) is 0 Å². The number of nitrogen functional groups attached to an aromatic ring is 1. The number of hydrogen-bond donors (Lipinski definition) is 5. The number of carboxylic acids is 2. The Hall–Kier alpha value is -5.64. The molecule has 38 heavy (non-hydrogen) atoms. The fraction of sp³-hybridized carbons (Fsp3) is 0. The number of hydrogen-bond acceptors (Lipinski definition) is 6. The molecule has 0 spiro atoms. The van der Waals surface area contributed by atoms with Gasteiger partial charge in [0.05, 0.1) is 22.3 Å². The summed E-state index contributed by atoms with van der Waals surface area (Å²) in [5.41, 5.74) is 5.07. The van der Waals surface area contributed by atoms with Crippen LogP contribution in [0.25, 0.3) is 0 Å². The van der Waals surface area contributed by atoms with Crippen LogP contribution in [0.5, 0.6) is 11.5 Å². The van der Waals surface area contributed by atoms with Gasteiger partial charge in [0.1, 0.15) is 11.5 Å². The second-order valence-corrected chi connectivity index (χ2v) is 8.02. The molecule has 4 rings (SSSR count). The summed E-state index contributed by atoms with van der Waals surface area (Å²) < 4.78 is 5.71. The molecule has 2 amide bonds. The van der Waals surface area contributed by atoms with Crippen molar-refractivity contribution in [3.63, 3.8) is 0 Å². The number of nitrogens with one attached hydrogen (secondary N) is 2. The molecule has 10 nitrogen and oxygen atoms in total. The maximum atomic E-state index is 13.1. The topological polar surface area (TPSA) is 168 Å². The molecule has 0 radical (unpaired) electrons. The number of ether oxygens (including phenoxy) is 1. The van der Waals surface area contributed by atoms with E-state index in [9.17, 15) is 29.4 Å². The van der Waals surface area contributed by atoms with Gasteiger partial charge in [-0.15, -0.1) is 0 Å². The van der Waals surface area contributed by atoms with Crippen molar-refractivity contribution in [2.45, 2.75) is 0 Å². The first-order chi connectivity index (χ1) is 18.2. The molecule has 0 aromatic heterocycles. The SMILES string of the molecule is Nc1ccc(Oc2ccc(NC(=O)c3cc(C(=O)Nc4ccccc4)c(C(=O)O)cc3C(=O)O)cc2)cc1. The van der Waals surface area contributed by atoms with E-state index in [1.54, 1.807) is 78.9 Å². The van der Waals surface area contributed by atoms with E-state index in [0.717, 1.165) is 12.1 Å². The third-order valence-electron chi connectivity index (χ3n) is 5.37. The Labute approximate surface area is 216 Å². The zero-order chi connectivity index (χ0) is 27.2. The van der Waals surface area contributed by atoms with Crippen molar-refractivity contribution in [2.75, 3.05) is 16.4 Å². The molecule has 0 aliphatic rings. The molecular weight excluding hydrogens is 490 g/mol. The second kappa shape index (κ2) is 11.0. The van der Waals surface area contributed by atoms with Gasteiger partial charge in [-0.2, -0.15) is 0 Å². The van der Waals surface area contributed by atoms with Gasteiger partial charge < -0.3 is 31.3 Å². The molecule has 0 bridgehead atoms. The molecule has 6 N–H and O–H groups in total. The average molecular weight is 511 g/mol. The normalized spacial score (nSPS) is 10.3. The number of rotatable bonds is 8. The third kappa shape index (κ3) is 5.94. The number of anilines is 3. The highest BCUT2D eigenvalue weighted by molar-refractivity contribution is 6.16. The summed E-state index contributed by atoms with van der Waals surface area (Å²) in [5.74, 6) is -3.68. The highest BCUT2D eigenvalue weighted by Crippen LogP contribution is 2.25. The number of carbonyl (C=O) groups is 4. The van der Waals surface area contributed by atoms with Crippen LogP contribution in [-0.2, 0) is 0 Å². The summed E-state index contributed by atoms with van der Waals surface area (Å²) in [7, 11) is 0. The number of para-hydroxylation sites is 1. The molecule has 190 valence electrons. The summed E-state index contributed by atoms with van der Waals surface area (Å²) in [6, 6.07) is 23.1. The Morgan fingerprint density at radius 1 is 0.579 bits per heavy atom. The quantitative estimate of drug-likeness (QED) is 0.207. The molecular formula is C28H21N3O7. The highest BCUT2D eigenvalue weighted by Gasteiger charge is 2.26. The summed E-state index contributed by atoms with van der Waals surface area (Å²) in [6.07, 6.45) is 0. The highest BCUT2D eigenvalue weighted by atomic mass is 16.5. The molecule has 4 aromatic rings. The van der Waals surface area contributed by atoms with Crippen LogP contribution in [-0.4, -0.2) is 34.0 Å². The van der Waals surface area contributed by atoms with Gasteiger partial charge in [-0.05, 0) is 72.8 Å². The minimum absolute atomic E-state index is 0.314. The zero-order valence-electron chi connectivity index (χ0n) is 19.7. The molecule has 0 fully saturated rings. The summed E-state index contributed by atoms with van der Waals surface area (Å²) in [5, 5.41) is 24.4. The van der Waals surface area contributed by atoms with Gasteiger partial charge >= 0.3 is 11.9 Å². The Balaban J connectivity index is 1.60. The van der Waals surface area contributed by atoms with Crippen LogP contribution < -0.4 is 21.1 Å². The Morgan fingerprint density at radius 3 is 1.47 bits per heavy atom. The smallest absolute Gasteiger partial charge is 0.336 e. The van der Waals surface area contributed by atoms with Crippen LogP contribution in [0, 0.1) is 0 Å². The summed E-state index contributed by atoms with van der Waals surface area (Å²) in [6.45, 7) is 0. The van der Waals surface area contributed by atoms with E-state index in [4.69, 9.17) is 10.5 Å². The van der Waals surface area contributed by atoms with E-state index < -0.39 is 34.9 Å². The lowest BCUT2D eigenvalue weighted by atomic mass is 9.96. The molecule has 0 saturated heterocycles. The number of nitrogens with two attached hydrogens (primary N) is 1. The standard InChI is InChI=1S/C28H21N3O7/c29-16-6-10-19(11-7-16)38-20-12-8-18(9-13-20)31-26(33)22-14-21(23(27(34)35)15-24(22)28(36)37)25(32)30-17-4-2-1-3-5-17/h1-15H,29H2,(H,30,32)(H,31,33)(H,34,35)(H,36,37). The van der Waals surface area contributed by atoms with Gasteiger partial charge in [0, 0.05) is 17.1 Å². The van der Waals surface area contributed by atoms with E-state index in [-0.39, 0.29) is 11.1 Å². The molecule has 0 unspecified atom stereocenters. The lowest BCUT2D eigenvalue weighted by Crippen LogP contribution is -2.22. The van der Waals surface area contributed by atoms with Crippen LogP contribution in [0.15, 0.2) is 91.0 Å². The fourth-order valence-electron chi connectivity index (χ4n) is 3.53. The van der Waals surface area contributed by atoms with Crippen LogP contribution in [0.4, 0.5) is 17.1 Å². The minimum atomic E-state index is -1.53. The predicted molar refractivity (Wildman–Crippen MR) is 140 cm³/mol. The van der Waals surface area contributed by atoms with Crippen LogP contribution >= 0.6 is 0 Å². The maximum Gasteiger partial charge on any atom is 0.336 e. The van der Waals surface area contributed by atoms with Crippen molar-refractivity contribution in [3.05, 3.63) is 113 Å². The van der Waals surface area contributed by atoms with E-state index in [1.165, 1.54) is 0 Å². The fourth-order valence-corrected chi connectivity index (χ4v) is 3.53. The van der Waals surface area contributed by atoms with Crippen molar-refractivity contribution in [3.8, 4) is 11.5 Å². The van der Waals surface area contributed by atoms with E-state index in [2.05, 4.69) is 10.6 Å². The molecule has 10 heteroatoms. The lowest BCUT2D eigenvalue weighted by Gasteiger charge is -2.13. The first-order valence-corrected chi connectivity index (χ1v) is 11.2. The first-order valence-electron chi connectivity index (χ1n) is 11.2. The van der Waals surface area contributed by atoms with Crippen molar-refractivity contribution in [1.29, 1.82) is 0 Å². The molecule has 0 aliphatic carbocycles. The van der Waals surface area contributed by atoms with Crippen molar-refractivity contribution < 1.29 is 34.1 Å². The van der Waals surface area contributed by atoms with Crippen LogP contribution in [0.3, 0.4) is 0 Å². The van der Waals surface area contributed by atoms with Crippen LogP contribution in [0.2, 0.25) is 0 Å². The second-order valence-electron chi connectivity index (χ2n) is 8.02. The molecule has 0 atom stereocenters. The third-order valence-corrected chi connectivity index (χ3v) is 5.37. The number of carboxylic acid groups (broad SMARTS) is 2. The van der Waals surface area contributed by atoms with Crippen LogP contribution in [0.1, 0.15) is 41.4 Å². The van der Waals surface area contributed by atoms with E-state index >= 15 is 0 Å². The largest absolute Gasteiger partial charge is 0.478 e. The molecule has 4 aromatic carbocycles. The van der Waals surface area contributed by atoms with E-state index in [1.807, 2.05) is 0 Å². The number of aromatic carboxylic acids is 2. The average Bonchev–Trinajstić information content (AvgIpc) is 2.90. The molecule has 0 aliphatic heterocycles. The van der Waals surface area contributed by atoms with Crippen molar-refractivity contribution >= 4 is 40.8 Å². The number of amides is 2. The predicted octanol–water partition coefficient (Wildman–Crippen LogP) is 4.96. The number of carbonyl (C=O) groups excluding carboxylic acids is 2. The minimum Gasteiger partial charge on any atom is -0.478 e. The van der Waals surface area contributed by atoms with Gasteiger partial charge in [-0.25, -0.2) is 9.59 Å². The Morgan fingerprint density at radius 2 is 1.00 bits per heavy atom. The summed E-state index contributed by atoms with van der Waals surface area (Å²) >= 11 is 0. The first kappa shape index (κ1) is 25.5.